The highest BCUT2D eigenvalue weighted by molar-refractivity contribution is 5.79. The number of carbonyl (C=O) groups excluding carboxylic acids is 4. The van der Waals surface area contributed by atoms with Crippen LogP contribution in [0, 0.1) is 57.2 Å². The first kappa shape index (κ1) is 59.8. The molecule has 11 fully saturated rings. The van der Waals surface area contributed by atoms with Gasteiger partial charge < -0.3 is 28.8 Å². The number of carbonyl (C=O) groups is 4. The van der Waals surface area contributed by atoms with Crippen LogP contribution in [0.5, 0.6) is 0 Å². The summed E-state index contributed by atoms with van der Waals surface area (Å²) >= 11 is 0. The van der Waals surface area contributed by atoms with Crippen molar-refractivity contribution in [2.24, 2.45) is 57.2 Å². The van der Waals surface area contributed by atoms with Crippen molar-refractivity contribution in [1.82, 2.24) is 0 Å². The molecule has 8 saturated carbocycles. The van der Waals surface area contributed by atoms with E-state index in [4.69, 9.17) is 23.7 Å². The third-order valence-corrected chi connectivity index (χ3v) is 17.3. The number of esters is 4. The van der Waals surface area contributed by atoms with E-state index >= 15 is 0 Å². The molecule has 376 valence electrons. The Hall–Kier alpha value is -2.20. The lowest BCUT2D eigenvalue weighted by atomic mass is 9.46. The van der Waals surface area contributed by atoms with Gasteiger partial charge in [-0.05, 0) is 181 Å². The van der Waals surface area contributed by atoms with E-state index in [0.717, 1.165) is 56.3 Å². The van der Waals surface area contributed by atoms with Crippen molar-refractivity contribution in [3.8, 4) is 0 Å². The maximum absolute atomic E-state index is 12.6. The van der Waals surface area contributed by atoms with E-state index in [9.17, 15) is 24.3 Å². The van der Waals surface area contributed by atoms with E-state index < -0.39 is 28.6 Å². The first-order chi connectivity index (χ1) is 26.9. The highest BCUT2D eigenvalue weighted by atomic mass is 16.7. The summed E-state index contributed by atoms with van der Waals surface area (Å²) in [4.78, 5) is 48.6. The molecule has 0 aromatic carbocycles. The van der Waals surface area contributed by atoms with Crippen molar-refractivity contribution in [2.75, 3.05) is 0 Å². The summed E-state index contributed by atoms with van der Waals surface area (Å²) in [6.45, 7) is 22.0. The van der Waals surface area contributed by atoms with Crippen LogP contribution in [0.3, 0.4) is 0 Å². The second-order valence-corrected chi connectivity index (χ2v) is 23.3. The molecular formula is C54H100O10. The number of fused-ring (bicyclic) bond motifs is 1. The van der Waals surface area contributed by atoms with Gasteiger partial charge in [-0.1, -0.05) is 65.3 Å². The lowest BCUT2D eigenvalue weighted by Gasteiger charge is -2.61. The molecule has 7 unspecified atom stereocenters. The van der Waals surface area contributed by atoms with E-state index in [0.29, 0.717) is 31.1 Å². The van der Waals surface area contributed by atoms with E-state index in [1.54, 1.807) is 0 Å². The van der Waals surface area contributed by atoms with Crippen molar-refractivity contribution in [1.29, 1.82) is 0 Å². The van der Waals surface area contributed by atoms with Gasteiger partial charge in [0.15, 0.2) is 12.2 Å². The molecule has 3 heterocycles. The summed E-state index contributed by atoms with van der Waals surface area (Å²) in [5.74, 6) is 3.12. The maximum atomic E-state index is 12.6. The third kappa shape index (κ3) is 11.0. The largest absolute Gasteiger partial charge is 0.459 e. The fraction of sp³-hybridized carbons (Fsp3) is 0.926. The molecular weight excluding hydrogens is 809 g/mol. The molecule has 0 amide bonds. The third-order valence-electron chi connectivity index (χ3n) is 17.3. The van der Waals surface area contributed by atoms with Crippen LogP contribution in [0.1, 0.15) is 223 Å². The summed E-state index contributed by atoms with van der Waals surface area (Å²) in [6.07, 6.45) is 15.6. The first-order valence-electron chi connectivity index (χ1n) is 23.1. The van der Waals surface area contributed by atoms with Crippen LogP contribution in [0.2, 0.25) is 0 Å². The second-order valence-electron chi connectivity index (χ2n) is 23.3. The smallest absolute Gasteiger partial charge is 0.312 e. The van der Waals surface area contributed by atoms with E-state index in [2.05, 4.69) is 20.8 Å². The Morgan fingerprint density at radius 1 is 0.609 bits per heavy atom. The number of hydrogen-bond donors (Lipinski definition) is 1. The maximum Gasteiger partial charge on any atom is 0.312 e. The highest BCUT2D eigenvalue weighted by Crippen LogP contribution is 2.65. The van der Waals surface area contributed by atoms with Crippen molar-refractivity contribution in [2.45, 2.75) is 265 Å². The molecule has 8 aliphatic carbocycles. The van der Waals surface area contributed by atoms with Gasteiger partial charge in [-0.25, -0.2) is 0 Å². The standard InChI is InChI=1S/C19H32O2.C16H26O3.C13H18O5.6CH4/c1-6-17(2,3)16(20)21-18(4,5)19-10-13-7-14(11-19)9-15(8-13)12-19;1-4-14(2,3)13(17)19-16-8-11-5-12(9-16)7-15(18,6-11)10-16;1-4-13(2,3)12(15)18-9-7-5-6-8(16-7)10(9)17-11(6)14;;;;;;/h13-15H,6-12H2,1-5H3;11-12,18H,4-10H2,1-3H3;6-10H,4-5H2,1-3H3;6*1H4. The highest BCUT2D eigenvalue weighted by Gasteiger charge is 2.65. The Balaban J connectivity index is 0.000000460. The van der Waals surface area contributed by atoms with Gasteiger partial charge in [-0.15, -0.1) is 0 Å². The average molecular weight is 909 g/mol. The molecule has 0 radical (unpaired) electrons. The zero-order valence-corrected chi connectivity index (χ0v) is 37.7. The van der Waals surface area contributed by atoms with Gasteiger partial charge in [0, 0.05) is 11.8 Å². The van der Waals surface area contributed by atoms with Gasteiger partial charge in [0.1, 0.15) is 17.3 Å². The summed E-state index contributed by atoms with van der Waals surface area (Å²) in [7, 11) is 0. The molecule has 10 heteroatoms. The van der Waals surface area contributed by atoms with Crippen LogP contribution in [0.25, 0.3) is 0 Å². The van der Waals surface area contributed by atoms with Crippen LogP contribution >= 0.6 is 0 Å². The van der Waals surface area contributed by atoms with Gasteiger partial charge in [0.05, 0.1) is 33.9 Å². The monoisotopic (exact) mass is 909 g/mol. The SMILES string of the molecule is C.C.C.C.C.C.CCC(C)(C)C(=O)OC(C)(C)C12CC3CC(CC(C3)C1)C2.CCC(C)(C)C(=O)OC12CC3CC(CC(O)(C3)C1)C2.CCC(C)(C)C(=O)OC1C2CC3C(=O)OC1C3O2. The minimum Gasteiger partial charge on any atom is -0.459 e. The Kier molecular flexibility index (Phi) is 19.2. The summed E-state index contributed by atoms with van der Waals surface area (Å²) in [6, 6.07) is 0. The molecule has 0 spiro atoms. The van der Waals surface area contributed by atoms with E-state index in [1.807, 2.05) is 55.4 Å². The first-order valence-corrected chi connectivity index (χ1v) is 23.1. The molecule has 11 rings (SSSR count). The molecule has 7 atom stereocenters. The van der Waals surface area contributed by atoms with E-state index in [1.165, 1.54) is 44.9 Å². The lowest BCUT2D eigenvalue weighted by Crippen LogP contribution is -2.61. The molecule has 1 N–H and O–H groups in total. The van der Waals surface area contributed by atoms with Crippen molar-refractivity contribution >= 4 is 23.9 Å². The normalized spacial score (nSPS) is 37.4. The zero-order chi connectivity index (χ0) is 42.4. The van der Waals surface area contributed by atoms with Crippen molar-refractivity contribution in [3.63, 3.8) is 0 Å². The van der Waals surface area contributed by atoms with Gasteiger partial charge >= 0.3 is 23.9 Å². The van der Waals surface area contributed by atoms with Gasteiger partial charge in [0.2, 0.25) is 0 Å². The number of hydrogen-bond acceptors (Lipinski definition) is 10. The minimum absolute atomic E-state index is 0. The fourth-order valence-electron chi connectivity index (χ4n) is 13.0. The quantitative estimate of drug-likeness (QED) is 0.167. The van der Waals surface area contributed by atoms with Crippen LogP contribution in [0.15, 0.2) is 0 Å². The van der Waals surface area contributed by atoms with Crippen LogP contribution in [-0.2, 0) is 42.9 Å². The Morgan fingerprint density at radius 3 is 1.50 bits per heavy atom. The van der Waals surface area contributed by atoms with Crippen molar-refractivity contribution in [3.05, 3.63) is 0 Å². The van der Waals surface area contributed by atoms with Gasteiger partial charge in [0.25, 0.3) is 0 Å². The predicted octanol–water partition coefficient (Wildman–Crippen LogP) is 12.9. The predicted molar refractivity (Wildman–Crippen MR) is 258 cm³/mol. The van der Waals surface area contributed by atoms with E-state index in [-0.39, 0.29) is 109 Å². The molecule has 64 heavy (non-hydrogen) atoms. The Labute approximate surface area is 392 Å². The van der Waals surface area contributed by atoms with Gasteiger partial charge in [-0.3, -0.25) is 19.2 Å². The topological polar surface area (TPSA) is 135 Å². The lowest BCUT2D eigenvalue weighted by molar-refractivity contribution is -0.225. The molecule has 3 aliphatic heterocycles. The second kappa shape index (κ2) is 20.6. The minimum atomic E-state index is -0.555. The summed E-state index contributed by atoms with van der Waals surface area (Å²) < 4.78 is 28.6. The average Bonchev–Trinajstić information content (AvgIpc) is 3.76. The number of rotatable bonds is 10. The molecule has 0 aromatic rings. The molecule has 11 aliphatic rings. The summed E-state index contributed by atoms with van der Waals surface area (Å²) in [5.41, 5.74) is -2.26. The zero-order valence-electron chi connectivity index (χ0n) is 37.7. The molecule has 10 nitrogen and oxygen atoms in total. The molecule has 0 aromatic heterocycles. The van der Waals surface area contributed by atoms with Gasteiger partial charge in [-0.2, -0.15) is 0 Å². The summed E-state index contributed by atoms with van der Waals surface area (Å²) in [5, 5.41) is 10.6. The fourth-order valence-corrected chi connectivity index (χ4v) is 13.0. The number of aliphatic hydroxyl groups is 1. The van der Waals surface area contributed by atoms with Crippen LogP contribution < -0.4 is 0 Å². The Morgan fingerprint density at radius 2 is 1.05 bits per heavy atom. The molecule has 10 bridgehead atoms. The van der Waals surface area contributed by atoms with Crippen molar-refractivity contribution < 1.29 is 48.0 Å². The molecule has 3 saturated heterocycles. The van der Waals surface area contributed by atoms with Crippen LogP contribution in [-0.4, -0.2) is 70.2 Å². The number of ether oxygens (including phenoxy) is 5. The Bertz CT molecular complexity index is 1560. The van der Waals surface area contributed by atoms with Crippen LogP contribution in [0.4, 0.5) is 0 Å².